The van der Waals surface area contributed by atoms with Gasteiger partial charge in [-0.3, -0.25) is 4.79 Å². The molecule has 0 atom stereocenters. The Balaban J connectivity index is 1.87. The Bertz CT molecular complexity index is 797. The Labute approximate surface area is 168 Å². The maximum Gasteiger partial charge on any atom is 0.272 e. The third kappa shape index (κ3) is 4.51. The molecule has 0 radical (unpaired) electrons. The van der Waals surface area contributed by atoms with Crippen molar-refractivity contribution in [2.75, 3.05) is 18.4 Å². The SMILES string of the molecule is CC1CCN(C(=O)c2ccnc(Nc3c(C(C)C)cccc3C(C)C)n2)CC1. The second-order valence-electron chi connectivity index (χ2n) is 8.49. The molecule has 150 valence electrons. The van der Waals surface area contributed by atoms with Gasteiger partial charge in [-0.05, 0) is 47.8 Å². The van der Waals surface area contributed by atoms with Crippen LogP contribution >= 0.6 is 0 Å². The first-order valence-corrected chi connectivity index (χ1v) is 10.4. The number of anilines is 2. The van der Waals surface area contributed by atoms with Crippen molar-refractivity contribution in [3.8, 4) is 0 Å². The van der Waals surface area contributed by atoms with Crippen LogP contribution < -0.4 is 5.32 Å². The van der Waals surface area contributed by atoms with Crippen LogP contribution in [0.15, 0.2) is 30.5 Å². The average Bonchev–Trinajstić information content (AvgIpc) is 2.68. The smallest absolute Gasteiger partial charge is 0.272 e. The normalized spacial score (nSPS) is 15.3. The van der Waals surface area contributed by atoms with Crippen LogP contribution in [0.25, 0.3) is 0 Å². The third-order valence-corrected chi connectivity index (χ3v) is 5.56. The van der Waals surface area contributed by atoms with E-state index in [4.69, 9.17) is 0 Å². The fourth-order valence-electron chi connectivity index (χ4n) is 3.72. The molecule has 1 fully saturated rings. The number of piperidine rings is 1. The van der Waals surface area contributed by atoms with Crippen molar-refractivity contribution in [1.29, 1.82) is 0 Å². The molecular formula is C23H32N4O. The first-order valence-electron chi connectivity index (χ1n) is 10.4. The molecule has 1 N–H and O–H groups in total. The molecule has 1 amide bonds. The Morgan fingerprint density at radius 1 is 1.07 bits per heavy atom. The zero-order valence-corrected chi connectivity index (χ0v) is 17.7. The number of hydrogen-bond donors (Lipinski definition) is 1. The molecular weight excluding hydrogens is 348 g/mol. The van der Waals surface area contributed by atoms with Crippen molar-refractivity contribution in [1.82, 2.24) is 14.9 Å². The van der Waals surface area contributed by atoms with Gasteiger partial charge in [0.2, 0.25) is 5.95 Å². The van der Waals surface area contributed by atoms with Crippen LogP contribution in [0.3, 0.4) is 0 Å². The van der Waals surface area contributed by atoms with Crippen LogP contribution in [0.2, 0.25) is 0 Å². The minimum Gasteiger partial charge on any atom is -0.337 e. The van der Waals surface area contributed by atoms with Crippen molar-refractivity contribution < 1.29 is 4.79 Å². The highest BCUT2D eigenvalue weighted by Crippen LogP contribution is 2.33. The molecule has 1 aromatic carbocycles. The summed E-state index contributed by atoms with van der Waals surface area (Å²) in [6, 6.07) is 8.10. The fraction of sp³-hybridized carbons (Fsp3) is 0.522. The number of carbonyl (C=O) groups excluding carboxylic acids is 1. The number of nitrogens with zero attached hydrogens (tertiary/aromatic N) is 3. The van der Waals surface area contributed by atoms with Gasteiger partial charge in [-0.1, -0.05) is 52.8 Å². The summed E-state index contributed by atoms with van der Waals surface area (Å²) in [7, 11) is 0. The number of hydrogen-bond acceptors (Lipinski definition) is 4. The van der Waals surface area contributed by atoms with Gasteiger partial charge in [0.1, 0.15) is 5.69 Å². The van der Waals surface area contributed by atoms with Crippen molar-refractivity contribution in [2.45, 2.75) is 59.3 Å². The van der Waals surface area contributed by atoms with Gasteiger partial charge in [-0.2, -0.15) is 0 Å². The average molecular weight is 381 g/mol. The zero-order valence-electron chi connectivity index (χ0n) is 17.7. The lowest BCUT2D eigenvalue weighted by atomic mass is 9.93. The van der Waals surface area contributed by atoms with Gasteiger partial charge in [0.25, 0.3) is 5.91 Å². The number of aromatic nitrogens is 2. The molecule has 0 bridgehead atoms. The lowest BCUT2D eigenvalue weighted by molar-refractivity contribution is 0.0691. The minimum absolute atomic E-state index is 0.00132. The quantitative estimate of drug-likeness (QED) is 0.761. The van der Waals surface area contributed by atoms with Crippen LogP contribution in [0, 0.1) is 5.92 Å². The Morgan fingerprint density at radius 3 is 2.25 bits per heavy atom. The van der Waals surface area contributed by atoms with E-state index in [1.807, 2.05) is 4.90 Å². The second kappa shape index (κ2) is 8.72. The van der Waals surface area contributed by atoms with E-state index in [-0.39, 0.29) is 5.91 Å². The molecule has 0 aliphatic carbocycles. The van der Waals surface area contributed by atoms with Crippen LogP contribution in [-0.2, 0) is 0 Å². The lowest BCUT2D eigenvalue weighted by Gasteiger charge is -2.30. The Kier molecular flexibility index (Phi) is 6.32. The number of carbonyl (C=O) groups is 1. The number of likely N-dealkylation sites (tertiary alicyclic amines) is 1. The molecule has 5 nitrogen and oxygen atoms in total. The van der Waals surface area contributed by atoms with Gasteiger partial charge in [0, 0.05) is 25.0 Å². The topological polar surface area (TPSA) is 58.1 Å². The first-order chi connectivity index (χ1) is 13.4. The Morgan fingerprint density at radius 2 is 1.68 bits per heavy atom. The molecule has 0 saturated carbocycles. The molecule has 1 aliphatic rings. The monoisotopic (exact) mass is 380 g/mol. The molecule has 5 heteroatoms. The molecule has 1 aliphatic heterocycles. The predicted molar refractivity (Wildman–Crippen MR) is 114 cm³/mol. The van der Waals surface area contributed by atoms with Gasteiger partial charge >= 0.3 is 0 Å². The largest absolute Gasteiger partial charge is 0.337 e. The zero-order chi connectivity index (χ0) is 20.3. The molecule has 28 heavy (non-hydrogen) atoms. The summed E-state index contributed by atoms with van der Waals surface area (Å²) in [5, 5.41) is 3.42. The van der Waals surface area contributed by atoms with E-state index >= 15 is 0 Å². The van der Waals surface area contributed by atoms with Gasteiger partial charge in [0.15, 0.2) is 0 Å². The van der Waals surface area contributed by atoms with Crippen molar-refractivity contribution in [3.05, 3.63) is 47.3 Å². The summed E-state index contributed by atoms with van der Waals surface area (Å²) in [5.74, 6) is 1.92. The van der Waals surface area contributed by atoms with E-state index in [1.54, 1.807) is 12.3 Å². The van der Waals surface area contributed by atoms with E-state index < -0.39 is 0 Å². The van der Waals surface area contributed by atoms with E-state index in [2.05, 4.69) is 68.1 Å². The maximum atomic E-state index is 12.9. The van der Waals surface area contributed by atoms with Gasteiger partial charge in [-0.25, -0.2) is 9.97 Å². The minimum atomic E-state index is -0.00132. The van der Waals surface area contributed by atoms with E-state index in [0.29, 0.717) is 29.4 Å². The standard InChI is InChI=1S/C23H32N4O/c1-15(2)18-7-6-8-19(16(3)4)21(18)26-23-24-12-9-20(25-23)22(28)27-13-10-17(5)11-14-27/h6-9,12,15-17H,10-11,13-14H2,1-5H3,(H,24,25,26). The van der Waals surface area contributed by atoms with Gasteiger partial charge in [0.05, 0.1) is 0 Å². The predicted octanol–water partition coefficient (Wildman–Crippen LogP) is 5.34. The van der Waals surface area contributed by atoms with Crippen LogP contribution in [-0.4, -0.2) is 33.9 Å². The molecule has 2 heterocycles. The van der Waals surface area contributed by atoms with Crippen molar-refractivity contribution in [2.24, 2.45) is 5.92 Å². The van der Waals surface area contributed by atoms with E-state index in [9.17, 15) is 4.79 Å². The molecule has 0 spiro atoms. The number of para-hydroxylation sites is 1. The number of rotatable bonds is 5. The molecule has 3 rings (SSSR count). The van der Waals surface area contributed by atoms with Crippen LogP contribution in [0.4, 0.5) is 11.6 Å². The summed E-state index contributed by atoms with van der Waals surface area (Å²) < 4.78 is 0. The first kappa shape index (κ1) is 20.3. The van der Waals surface area contributed by atoms with Crippen molar-refractivity contribution >= 4 is 17.5 Å². The molecule has 0 unspecified atom stereocenters. The van der Waals surface area contributed by atoms with E-state index in [1.165, 1.54) is 11.1 Å². The summed E-state index contributed by atoms with van der Waals surface area (Å²) in [5.41, 5.74) is 3.98. The van der Waals surface area contributed by atoms with Crippen molar-refractivity contribution in [3.63, 3.8) is 0 Å². The van der Waals surface area contributed by atoms with E-state index in [0.717, 1.165) is 31.6 Å². The lowest BCUT2D eigenvalue weighted by Crippen LogP contribution is -2.38. The summed E-state index contributed by atoms with van der Waals surface area (Å²) in [4.78, 5) is 23.7. The number of amides is 1. The molecule has 1 aromatic heterocycles. The highest BCUT2D eigenvalue weighted by atomic mass is 16.2. The molecule has 1 saturated heterocycles. The van der Waals surface area contributed by atoms with Crippen LogP contribution in [0.1, 0.15) is 80.9 Å². The maximum absolute atomic E-state index is 12.9. The summed E-state index contributed by atoms with van der Waals surface area (Å²) in [6.07, 6.45) is 3.78. The summed E-state index contributed by atoms with van der Waals surface area (Å²) in [6.45, 7) is 12.6. The van der Waals surface area contributed by atoms with Gasteiger partial charge in [-0.15, -0.1) is 0 Å². The van der Waals surface area contributed by atoms with Crippen LogP contribution in [0.5, 0.6) is 0 Å². The third-order valence-electron chi connectivity index (χ3n) is 5.56. The highest BCUT2D eigenvalue weighted by Gasteiger charge is 2.23. The second-order valence-corrected chi connectivity index (χ2v) is 8.49. The number of nitrogens with one attached hydrogen (secondary N) is 1. The number of benzene rings is 1. The van der Waals surface area contributed by atoms with Gasteiger partial charge < -0.3 is 10.2 Å². The summed E-state index contributed by atoms with van der Waals surface area (Å²) >= 11 is 0. The molecule has 2 aromatic rings. The highest BCUT2D eigenvalue weighted by molar-refractivity contribution is 5.92. The Hall–Kier alpha value is -2.43. The fourth-order valence-corrected chi connectivity index (χ4v) is 3.72.